The van der Waals surface area contributed by atoms with Crippen molar-refractivity contribution in [2.24, 2.45) is 5.73 Å². The highest BCUT2D eigenvalue weighted by atomic mass is 32.3. The topological polar surface area (TPSA) is 157 Å². The molecule has 0 saturated carbocycles. The molecule has 2 aliphatic heterocycles. The molecule has 1 unspecified atom stereocenters. The van der Waals surface area contributed by atoms with Gasteiger partial charge in [0.25, 0.3) is 0 Å². The lowest BCUT2D eigenvalue weighted by Gasteiger charge is -2.44. The van der Waals surface area contributed by atoms with Crippen LogP contribution in [-0.2, 0) is 27.9 Å². The van der Waals surface area contributed by atoms with Gasteiger partial charge in [-0.05, 0) is 98.5 Å². The molecular formula is C35H39N4O8S2+. The van der Waals surface area contributed by atoms with E-state index in [1.807, 2.05) is 25.1 Å². The summed E-state index contributed by atoms with van der Waals surface area (Å²) in [7, 11) is -1.90. The highest BCUT2D eigenvalue weighted by Crippen LogP contribution is 2.34. The summed E-state index contributed by atoms with van der Waals surface area (Å²) >= 11 is 1.11. The third-order valence-electron chi connectivity index (χ3n) is 8.69. The van der Waals surface area contributed by atoms with Gasteiger partial charge in [-0.3, -0.25) is 9.69 Å². The van der Waals surface area contributed by atoms with E-state index in [1.165, 1.54) is 47.4 Å². The third kappa shape index (κ3) is 8.16. The van der Waals surface area contributed by atoms with E-state index < -0.39 is 34.1 Å². The molecule has 2 aliphatic rings. The standard InChI is InChI=1S/C35H38N4O8S2/c1-23-5-16-33(48-23)49(43,44)47-29-13-9-26(10-14-29)37-35(42)38(34(41)30(36)18-24-6-11-28(40)12-7-24)27-4-3-17-39(2,21-27)20-25-8-15-31-32(19-25)46-22-45-31/h5-16,19,27,30H,3-4,17-18,20-22,36H2,1-2H3,(H-,37,40,42)/p+1/t27-,30-,39?/m0/s1. The van der Waals surface area contributed by atoms with Crippen LogP contribution in [0.5, 0.6) is 23.0 Å². The minimum atomic E-state index is -4.01. The minimum Gasteiger partial charge on any atom is -0.508 e. The number of likely N-dealkylation sites (tertiary alicyclic amines) is 1. The number of aromatic hydroxyl groups is 1. The molecule has 1 aromatic heterocycles. The van der Waals surface area contributed by atoms with Crippen molar-refractivity contribution < 1.29 is 41.3 Å². The SMILES string of the molecule is Cc1ccc(S(=O)(=O)Oc2ccc(NC(=O)N(C(=O)[C@@H](N)Cc3ccc(O)cc3)[C@H]3CCC[N+](C)(Cc4ccc5c(c4)OCO5)C3)cc2)s1. The number of nitrogens with two attached hydrogens (primary N) is 1. The summed E-state index contributed by atoms with van der Waals surface area (Å²) in [6.45, 7) is 4.01. The molecule has 0 bridgehead atoms. The second kappa shape index (κ2) is 14.1. The maximum atomic E-state index is 14.1. The number of carbonyl (C=O) groups is 2. The Balaban J connectivity index is 1.20. The highest BCUT2D eigenvalue weighted by molar-refractivity contribution is 7.89. The molecular weight excluding hydrogens is 669 g/mol. The fraction of sp³-hybridized carbons (Fsp3) is 0.314. The van der Waals surface area contributed by atoms with Crippen LogP contribution in [0.3, 0.4) is 0 Å². The zero-order valence-corrected chi connectivity index (χ0v) is 28.8. The van der Waals surface area contributed by atoms with Crippen LogP contribution in [0, 0.1) is 6.92 Å². The van der Waals surface area contributed by atoms with Crippen LogP contribution < -0.4 is 24.7 Å². The lowest BCUT2D eigenvalue weighted by atomic mass is 9.98. The number of urea groups is 1. The average Bonchev–Trinajstić information content (AvgIpc) is 3.72. The van der Waals surface area contributed by atoms with Crippen molar-refractivity contribution in [3.63, 3.8) is 0 Å². The van der Waals surface area contributed by atoms with Gasteiger partial charge in [0.1, 0.15) is 24.6 Å². The molecule has 0 radical (unpaired) electrons. The number of likely N-dealkylation sites (N-methyl/N-ethyl adjacent to an activating group) is 1. The molecule has 258 valence electrons. The van der Waals surface area contributed by atoms with Crippen molar-refractivity contribution in [1.82, 2.24) is 4.90 Å². The van der Waals surface area contributed by atoms with E-state index in [2.05, 4.69) is 12.4 Å². The first kappa shape index (κ1) is 34.2. The fourth-order valence-corrected chi connectivity index (χ4v) is 8.50. The minimum absolute atomic E-state index is 0.0803. The summed E-state index contributed by atoms with van der Waals surface area (Å²) in [5.74, 6) is 1.06. The quantitative estimate of drug-likeness (QED) is 0.153. The number of hydrogen-bond donors (Lipinski definition) is 3. The first-order chi connectivity index (χ1) is 23.4. The zero-order valence-electron chi connectivity index (χ0n) is 27.2. The Bertz CT molecular complexity index is 1930. The molecule has 12 nitrogen and oxygen atoms in total. The van der Waals surface area contributed by atoms with E-state index >= 15 is 0 Å². The molecule has 1 saturated heterocycles. The van der Waals surface area contributed by atoms with Crippen molar-refractivity contribution in [3.8, 4) is 23.0 Å². The number of benzene rings is 3. The highest BCUT2D eigenvalue weighted by Gasteiger charge is 2.41. The number of imide groups is 1. The number of rotatable bonds is 10. The van der Waals surface area contributed by atoms with Gasteiger partial charge in [0.05, 0.1) is 25.7 Å². The second-order valence-corrected chi connectivity index (χ2v) is 15.8. The Morgan fingerprint density at radius 1 is 1.04 bits per heavy atom. The summed E-state index contributed by atoms with van der Waals surface area (Å²) in [4.78, 5) is 30.1. The van der Waals surface area contributed by atoms with Crippen LogP contribution in [0.1, 0.15) is 28.8 Å². The first-order valence-corrected chi connectivity index (χ1v) is 18.1. The number of phenols is 1. The fourth-order valence-electron chi connectivity index (χ4n) is 6.32. The largest absolute Gasteiger partial charge is 0.508 e. The van der Waals surface area contributed by atoms with Gasteiger partial charge in [-0.25, -0.2) is 4.79 Å². The van der Waals surface area contributed by atoms with Gasteiger partial charge in [-0.1, -0.05) is 12.1 Å². The molecule has 3 amide bonds. The molecule has 6 rings (SSSR count). The van der Waals surface area contributed by atoms with Crippen LogP contribution in [0.25, 0.3) is 0 Å². The van der Waals surface area contributed by atoms with E-state index in [4.69, 9.17) is 19.4 Å². The van der Waals surface area contributed by atoms with Crippen LogP contribution in [-0.4, -0.2) is 73.9 Å². The molecule has 14 heteroatoms. The Labute approximate surface area is 289 Å². The van der Waals surface area contributed by atoms with Gasteiger partial charge >= 0.3 is 16.1 Å². The Kier molecular flexibility index (Phi) is 9.84. The molecule has 3 heterocycles. The van der Waals surface area contributed by atoms with Crippen LogP contribution in [0.2, 0.25) is 0 Å². The van der Waals surface area contributed by atoms with E-state index in [0.717, 1.165) is 40.3 Å². The molecule has 3 aromatic carbocycles. The second-order valence-electron chi connectivity index (χ2n) is 12.7. The van der Waals surface area contributed by atoms with E-state index in [9.17, 15) is 23.1 Å². The van der Waals surface area contributed by atoms with Gasteiger partial charge in [-0.15, -0.1) is 11.3 Å². The van der Waals surface area contributed by atoms with E-state index in [1.54, 1.807) is 18.2 Å². The number of piperidine rings is 1. The monoisotopic (exact) mass is 707 g/mol. The summed E-state index contributed by atoms with van der Waals surface area (Å²) in [6, 6.07) is 19.3. The number of phenolic OH excluding ortho intramolecular Hbond substituents is 1. The maximum absolute atomic E-state index is 14.1. The van der Waals surface area contributed by atoms with Crippen LogP contribution in [0.4, 0.5) is 10.5 Å². The van der Waals surface area contributed by atoms with Gasteiger partial charge in [-0.2, -0.15) is 8.42 Å². The number of nitrogens with zero attached hydrogens (tertiary/aromatic N) is 2. The number of ether oxygens (including phenoxy) is 2. The van der Waals surface area contributed by atoms with Crippen molar-refractivity contribution in [1.29, 1.82) is 0 Å². The van der Waals surface area contributed by atoms with Crippen molar-refractivity contribution in [3.05, 3.63) is 94.9 Å². The van der Waals surface area contributed by atoms with Crippen LogP contribution >= 0.6 is 11.3 Å². The van der Waals surface area contributed by atoms with E-state index in [0.29, 0.717) is 41.2 Å². The van der Waals surface area contributed by atoms with Crippen molar-refractivity contribution in [2.75, 3.05) is 32.2 Å². The number of nitrogens with one attached hydrogen (secondary N) is 1. The predicted octanol–water partition coefficient (Wildman–Crippen LogP) is 5.00. The normalized spacial score (nSPS) is 19.2. The number of amides is 3. The number of aryl methyl sites for hydroxylation is 1. The summed E-state index contributed by atoms with van der Waals surface area (Å²) < 4.78 is 42.4. The number of thiophene rings is 1. The number of quaternary nitrogens is 1. The number of carbonyl (C=O) groups excluding carboxylic acids is 2. The molecule has 0 spiro atoms. The Morgan fingerprint density at radius 3 is 2.47 bits per heavy atom. The lowest BCUT2D eigenvalue weighted by Crippen LogP contribution is -2.62. The lowest BCUT2D eigenvalue weighted by molar-refractivity contribution is -0.928. The predicted molar refractivity (Wildman–Crippen MR) is 184 cm³/mol. The summed E-state index contributed by atoms with van der Waals surface area (Å²) in [6.07, 6.45) is 1.55. The first-order valence-electron chi connectivity index (χ1n) is 15.9. The van der Waals surface area contributed by atoms with Crippen molar-refractivity contribution in [2.45, 2.75) is 49.0 Å². The third-order valence-corrected chi connectivity index (χ3v) is 11.4. The summed E-state index contributed by atoms with van der Waals surface area (Å²) in [5.41, 5.74) is 8.61. The van der Waals surface area contributed by atoms with Gasteiger partial charge in [0, 0.05) is 16.1 Å². The van der Waals surface area contributed by atoms with Gasteiger partial charge in [0.2, 0.25) is 12.7 Å². The van der Waals surface area contributed by atoms with Crippen molar-refractivity contribution >= 4 is 39.1 Å². The maximum Gasteiger partial charge on any atom is 0.348 e. The molecule has 4 N–H and O–H groups in total. The molecule has 49 heavy (non-hydrogen) atoms. The zero-order chi connectivity index (χ0) is 34.8. The van der Waals surface area contributed by atoms with Crippen LogP contribution in [0.15, 0.2) is 83.1 Å². The van der Waals surface area contributed by atoms with Gasteiger partial charge in [0.15, 0.2) is 15.7 Å². The van der Waals surface area contributed by atoms with E-state index in [-0.39, 0.29) is 28.9 Å². The molecule has 4 aromatic rings. The Hall–Kier alpha value is -4.63. The van der Waals surface area contributed by atoms with Gasteiger partial charge < -0.3 is 34.3 Å². The molecule has 1 fully saturated rings. The number of hydrogen-bond acceptors (Lipinski definition) is 10. The molecule has 0 aliphatic carbocycles. The summed E-state index contributed by atoms with van der Waals surface area (Å²) in [5, 5.41) is 12.5. The molecule has 3 atom stereocenters. The number of fused-ring (bicyclic) bond motifs is 1. The number of anilines is 1. The smallest absolute Gasteiger partial charge is 0.348 e. The average molecular weight is 708 g/mol. The Morgan fingerprint density at radius 2 is 1.76 bits per heavy atom.